The minimum atomic E-state index is -0.985. The molecule has 0 aliphatic rings. The van der Waals surface area contributed by atoms with E-state index >= 15 is 0 Å². The molecule has 1 N–H and O–H groups in total. The summed E-state index contributed by atoms with van der Waals surface area (Å²) in [4.78, 5) is 15.8. The molecule has 2 aromatic rings. The monoisotopic (exact) mass is 300 g/mol. The molecule has 100 valence electrons. The van der Waals surface area contributed by atoms with Crippen LogP contribution in [0.2, 0.25) is 0 Å². The number of thioether (sulfide) groups is 1. The fraction of sp³-hybridized carbons (Fsp3) is 0.167. The van der Waals surface area contributed by atoms with E-state index in [4.69, 9.17) is 0 Å². The number of halogens is 2. The molecule has 1 aromatic carbocycles. The molecule has 0 bridgehead atoms. The average molecular weight is 300 g/mol. The minimum Gasteiger partial charge on any atom is -0.325 e. The maximum Gasteiger partial charge on any atom is 0.234 e. The van der Waals surface area contributed by atoms with Crippen LogP contribution in [0.4, 0.5) is 14.5 Å². The summed E-state index contributed by atoms with van der Waals surface area (Å²) < 4.78 is 26.5. The van der Waals surface area contributed by atoms with Crippen molar-refractivity contribution in [2.24, 2.45) is 0 Å². The Balaban J connectivity index is 1.88. The number of carbonyl (C=O) groups is 1. The van der Waals surface area contributed by atoms with Crippen LogP contribution in [0.1, 0.15) is 5.69 Å². The van der Waals surface area contributed by atoms with Crippen molar-refractivity contribution in [1.29, 1.82) is 0 Å². The molecule has 0 aliphatic carbocycles. The highest BCUT2D eigenvalue weighted by Gasteiger charge is 2.08. The van der Waals surface area contributed by atoms with Gasteiger partial charge in [-0.25, -0.2) is 13.8 Å². The third-order valence-electron chi connectivity index (χ3n) is 2.13. The molecule has 0 spiro atoms. The first-order chi connectivity index (χ1) is 9.04. The van der Waals surface area contributed by atoms with Crippen molar-refractivity contribution >= 4 is 34.7 Å². The number of carbonyl (C=O) groups excluding carboxylic acids is 1. The Bertz CT molecular complexity index is 601. The van der Waals surface area contributed by atoms with Crippen molar-refractivity contribution in [3.63, 3.8) is 0 Å². The van der Waals surface area contributed by atoms with E-state index in [1.54, 1.807) is 0 Å². The fourth-order valence-electron chi connectivity index (χ4n) is 1.30. The second kappa shape index (κ2) is 6.12. The number of aromatic nitrogens is 1. The van der Waals surface area contributed by atoms with Crippen LogP contribution in [-0.4, -0.2) is 16.6 Å². The summed E-state index contributed by atoms with van der Waals surface area (Å²) in [7, 11) is 0. The zero-order valence-corrected chi connectivity index (χ0v) is 11.6. The molecule has 3 nitrogen and oxygen atoms in total. The Kier molecular flexibility index (Phi) is 4.49. The van der Waals surface area contributed by atoms with Crippen molar-refractivity contribution < 1.29 is 13.6 Å². The summed E-state index contributed by atoms with van der Waals surface area (Å²) >= 11 is 2.77. The maximum absolute atomic E-state index is 12.9. The van der Waals surface area contributed by atoms with Crippen LogP contribution >= 0.6 is 23.1 Å². The van der Waals surface area contributed by atoms with Gasteiger partial charge in [-0.15, -0.1) is 11.3 Å². The van der Waals surface area contributed by atoms with Gasteiger partial charge in [-0.1, -0.05) is 11.8 Å². The first-order valence-electron chi connectivity index (χ1n) is 5.34. The van der Waals surface area contributed by atoms with E-state index in [1.165, 1.54) is 29.2 Å². The largest absolute Gasteiger partial charge is 0.325 e. The van der Waals surface area contributed by atoms with E-state index in [1.807, 2.05) is 12.3 Å². The zero-order chi connectivity index (χ0) is 13.8. The quantitative estimate of drug-likeness (QED) is 0.879. The van der Waals surface area contributed by atoms with Gasteiger partial charge in [0.1, 0.15) is 0 Å². The van der Waals surface area contributed by atoms with E-state index in [9.17, 15) is 13.6 Å². The van der Waals surface area contributed by atoms with Crippen molar-refractivity contribution in [2.75, 3.05) is 11.1 Å². The number of nitrogens with one attached hydrogen (secondary N) is 1. The van der Waals surface area contributed by atoms with Crippen LogP contribution in [0.3, 0.4) is 0 Å². The standard InChI is InChI=1S/C12H10F2N2OS2/c1-7-5-18-12(15-7)19-6-11(17)16-8-2-3-9(13)10(14)4-8/h2-5H,6H2,1H3,(H,16,17). The Labute approximate surface area is 117 Å². The zero-order valence-electron chi connectivity index (χ0n) is 9.94. The van der Waals surface area contributed by atoms with Gasteiger partial charge in [0.2, 0.25) is 5.91 Å². The third-order valence-corrected chi connectivity index (χ3v) is 4.27. The molecule has 2 rings (SSSR count). The molecule has 0 fully saturated rings. The van der Waals surface area contributed by atoms with Crippen molar-refractivity contribution in [3.8, 4) is 0 Å². The van der Waals surface area contributed by atoms with Gasteiger partial charge in [-0.3, -0.25) is 4.79 Å². The molecule has 1 amide bonds. The maximum atomic E-state index is 12.9. The Hall–Kier alpha value is -1.47. The number of thiazole rings is 1. The van der Waals surface area contributed by atoms with Gasteiger partial charge >= 0.3 is 0 Å². The Morgan fingerprint density at radius 1 is 1.42 bits per heavy atom. The number of hydrogen-bond acceptors (Lipinski definition) is 4. The van der Waals surface area contributed by atoms with E-state index in [2.05, 4.69) is 10.3 Å². The van der Waals surface area contributed by atoms with E-state index < -0.39 is 11.6 Å². The SMILES string of the molecule is Cc1csc(SCC(=O)Nc2ccc(F)c(F)c2)n1. The second-order valence-corrected chi connectivity index (χ2v) is 5.80. The highest BCUT2D eigenvalue weighted by Crippen LogP contribution is 2.22. The lowest BCUT2D eigenvalue weighted by molar-refractivity contribution is -0.113. The van der Waals surface area contributed by atoms with Gasteiger partial charge in [0, 0.05) is 22.8 Å². The van der Waals surface area contributed by atoms with Gasteiger partial charge in [0.25, 0.3) is 0 Å². The van der Waals surface area contributed by atoms with Crippen LogP contribution in [-0.2, 0) is 4.79 Å². The van der Waals surface area contributed by atoms with Crippen molar-refractivity contribution in [1.82, 2.24) is 4.98 Å². The molecule has 1 heterocycles. The fourth-order valence-corrected chi connectivity index (χ4v) is 2.95. The van der Waals surface area contributed by atoms with E-state index in [-0.39, 0.29) is 17.3 Å². The molecule has 7 heteroatoms. The Morgan fingerprint density at radius 2 is 2.21 bits per heavy atom. The number of nitrogens with zero attached hydrogens (tertiary/aromatic N) is 1. The van der Waals surface area contributed by atoms with Crippen LogP contribution in [0, 0.1) is 18.6 Å². The molecule has 0 saturated carbocycles. The summed E-state index contributed by atoms with van der Waals surface area (Å²) in [5.74, 6) is -2.04. The number of benzene rings is 1. The van der Waals surface area contributed by atoms with E-state index in [0.29, 0.717) is 0 Å². The predicted octanol–water partition coefficient (Wildman–Crippen LogP) is 3.46. The van der Waals surface area contributed by atoms with Crippen LogP contribution < -0.4 is 5.32 Å². The lowest BCUT2D eigenvalue weighted by Crippen LogP contribution is -2.14. The van der Waals surface area contributed by atoms with Gasteiger partial charge in [-0.2, -0.15) is 0 Å². The Morgan fingerprint density at radius 3 is 2.84 bits per heavy atom. The van der Waals surface area contributed by atoms with Gasteiger partial charge in [0.05, 0.1) is 5.75 Å². The number of aryl methyl sites for hydroxylation is 1. The molecule has 19 heavy (non-hydrogen) atoms. The average Bonchev–Trinajstić information content (AvgIpc) is 2.77. The van der Waals surface area contributed by atoms with E-state index in [0.717, 1.165) is 22.2 Å². The van der Waals surface area contributed by atoms with Crippen LogP contribution in [0.25, 0.3) is 0 Å². The van der Waals surface area contributed by atoms with Gasteiger partial charge in [-0.05, 0) is 19.1 Å². The van der Waals surface area contributed by atoms with Crippen LogP contribution in [0.5, 0.6) is 0 Å². The summed E-state index contributed by atoms with van der Waals surface area (Å²) in [5.41, 5.74) is 1.15. The molecule has 0 radical (unpaired) electrons. The highest BCUT2D eigenvalue weighted by molar-refractivity contribution is 8.01. The molecule has 0 unspecified atom stereocenters. The molecule has 0 saturated heterocycles. The smallest absolute Gasteiger partial charge is 0.234 e. The lowest BCUT2D eigenvalue weighted by atomic mass is 10.3. The number of rotatable bonds is 4. The summed E-state index contributed by atoms with van der Waals surface area (Å²) in [5, 5.41) is 4.40. The lowest BCUT2D eigenvalue weighted by Gasteiger charge is -2.04. The topological polar surface area (TPSA) is 42.0 Å². The van der Waals surface area contributed by atoms with Crippen LogP contribution in [0.15, 0.2) is 27.9 Å². The van der Waals surface area contributed by atoms with Gasteiger partial charge < -0.3 is 5.32 Å². The molecule has 1 aromatic heterocycles. The van der Waals surface area contributed by atoms with Crippen molar-refractivity contribution in [2.45, 2.75) is 11.3 Å². The van der Waals surface area contributed by atoms with Gasteiger partial charge in [0.15, 0.2) is 16.0 Å². The predicted molar refractivity (Wildman–Crippen MR) is 72.6 cm³/mol. The first-order valence-corrected chi connectivity index (χ1v) is 7.21. The summed E-state index contributed by atoms with van der Waals surface area (Å²) in [6.07, 6.45) is 0. The number of hydrogen-bond donors (Lipinski definition) is 1. The summed E-state index contributed by atoms with van der Waals surface area (Å²) in [6.45, 7) is 1.88. The number of amides is 1. The molecule has 0 aliphatic heterocycles. The first kappa shape index (κ1) is 14.0. The molecular formula is C12H10F2N2OS2. The third kappa shape index (κ3) is 4.00. The summed E-state index contributed by atoms with van der Waals surface area (Å²) in [6, 6.07) is 3.24. The minimum absolute atomic E-state index is 0.173. The number of anilines is 1. The second-order valence-electron chi connectivity index (χ2n) is 3.72. The molecular weight excluding hydrogens is 290 g/mol. The van der Waals surface area contributed by atoms with Crippen molar-refractivity contribution in [3.05, 3.63) is 40.9 Å². The normalized spacial score (nSPS) is 10.5. The highest BCUT2D eigenvalue weighted by atomic mass is 32.2. The molecule has 0 atom stereocenters.